The Balaban J connectivity index is 2.06. The largest absolute Gasteiger partial charge is 0.508 e. The molecule has 0 unspecified atom stereocenters. The van der Waals surface area contributed by atoms with E-state index in [1.165, 1.54) is 42.5 Å². The first kappa shape index (κ1) is 12.7. The van der Waals surface area contributed by atoms with Gasteiger partial charge in [-0.3, -0.25) is 4.79 Å². The highest BCUT2D eigenvalue weighted by atomic mass is 35.5. The Labute approximate surface area is 118 Å². The van der Waals surface area contributed by atoms with E-state index >= 15 is 0 Å². The van der Waals surface area contributed by atoms with Gasteiger partial charge in [0.05, 0.1) is 10.6 Å². The zero-order valence-electron chi connectivity index (χ0n) is 10.1. The quantitative estimate of drug-likeness (QED) is 0.813. The van der Waals surface area contributed by atoms with Gasteiger partial charge in [0.1, 0.15) is 17.3 Å². The molecule has 0 saturated carbocycles. The van der Waals surface area contributed by atoms with Crippen LogP contribution in [0.1, 0.15) is 15.9 Å². The summed E-state index contributed by atoms with van der Waals surface area (Å²) in [5, 5.41) is 9.54. The number of ether oxygens (including phenoxy) is 1. The van der Waals surface area contributed by atoms with Gasteiger partial charge < -0.3 is 9.84 Å². The fraction of sp³-hybridized carbons (Fsp3) is 0. The SMILES string of the molecule is O=C1C(=Cc2c(F)cccc2Cl)Oc2cc(O)ccc21. The number of rotatable bonds is 1. The highest BCUT2D eigenvalue weighted by molar-refractivity contribution is 6.32. The minimum atomic E-state index is -0.541. The summed E-state index contributed by atoms with van der Waals surface area (Å²) in [6.07, 6.45) is 1.26. The molecule has 3 rings (SSSR count). The van der Waals surface area contributed by atoms with E-state index < -0.39 is 5.82 Å². The van der Waals surface area contributed by atoms with Crippen molar-refractivity contribution in [2.75, 3.05) is 0 Å². The van der Waals surface area contributed by atoms with Crippen molar-refractivity contribution in [2.24, 2.45) is 0 Å². The number of Topliss-reactive ketones (excluding diaryl/α,β-unsaturated/α-hetero) is 1. The summed E-state index contributed by atoms with van der Waals surface area (Å²) in [6.45, 7) is 0. The number of hydrogen-bond donors (Lipinski definition) is 1. The summed E-state index contributed by atoms with van der Waals surface area (Å²) in [6, 6.07) is 8.42. The second-order valence-electron chi connectivity index (χ2n) is 4.26. The first-order valence-electron chi connectivity index (χ1n) is 5.77. The number of ketones is 1. The Morgan fingerprint density at radius 2 is 2.05 bits per heavy atom. The van der Waals surface area contributed by atoms with E-state index in [1.807, 2.05) is 0 Å². The van der Waals surface area contributed by atoms with Crippen molar-refractivity contribution < 1.29 is 19.0 Å². The Hall–Kier alpha value is -2.33. The van der Waals surface area contributed by atoms with Gasteiger partial charge >= 0.3 is 0 Å². The van der Waals surface area contributed by atoms with Crippen LogP contribution in [0.4, 0.5) is 4.39 Å². The molecule has 3 nitrogen and oxygen atoms in total. The van der Waals surface area contributed by atoms with E-state index in [0.717, 1.165) is 0 Å². The molecule has 20 heavy (non-hydrogen) atoms. The molecule has 2 aromatic rings. The lowest BCUT2D eigenvalue weighted by Crippen LogP contribution is -1.99. The maximum absolute atomic E-state index is 13.7. The molecule has 0 aliphatic carbocycles. The van der Waals surface area contributed by atoms with Crippen molar-refractivity contribution in [1.82, 2.24) is 0 Å². The summed E-state index contributed by atoms with van der Waals surface area (Å²) in [4.78, 5) is 12.1. The Kier molecular flexibility index (Phi) is 2.95. The molecule has 1 heterocycles. The number of phenolic OH excluding ortho intramolecular Hbond substituents is 1. The number of carbonyl (C=O) groups is 1. The van der Waals surface area contributed by atoms with Crippen LogP contribution in [0.25, 0.3) is 6.08 Å². The van der Waals surface area contributed by atoms with Gasteiger partial charge in [0.2, 0.25) is 5.78 Å². The molecule has 0 radical (unpaired) electrons. The number of phenols is 1. The molecule has 100 valence electrons. The van der Waals surface area contributed by atoms with E-state index in [9.17, 15) is 14.3 Å². The van der Waals surface area contributed by atoms with Crippen LogP contribution in [0.5, 0.6) is 11.5 Å². The van der Waals surface area contributed by atoms with Gasteiger partial charge in [-0.05, 0) is 30.3 Å². The summed E-state index contributed by atoms with van der Waals surface area (Å²) in [7, 11) is 0. The topological polar surface area (TPSA) is 46.5 Å². The summed E-state index contributed by atoms with van der Waals surface area (Å²) >= 11 is 5.90. The molecule has 0 aromatic heterocycles. The summed E-state index contributed by atoms with van der Waals surface area (Å²) in [5.74, 6) is -0.715. The molecule has 1 N–H and O–H groups in total. The molecule has 0 fully saturated rings. The zero-order valence-corrected chi connectivity index (χ0v) is 10.8. The zero-order chi connectivity index (χ0) is 14.3. The molecule has 1 aliphatic heterocycles. The first-order valence-corrected chi connectivity index (χ1v) is 6.15. The van der Waals surface area contributed by atoms with Crippen LogP contribution < -0.4 is 4.74 Å². The van der Waals surface area contributed by atoms with Gasteiger partial charge in [-0.25, -0.2) is 4.39 Å². The third-order valence-electron chi connectivity index (χ3n) is 2.93. The van der Waals surface area contributed by atoms with Crippen LogP contribution in [-0.4, -0.2) is 10.9 Å². The minimum Gasteiger partial charge on any atom is -0.508 e. The summed E-state index contributed by atoms with van der Waals surface area (Å²) in [5.41, 5.74) is 0.413. The van der Waals surface area contributed by atoms with Gasteiger partial charge in [0, 0.05) is 11.6 Å². The number of halogens is 2. The van der Waals surface area contributed by atoms with Crippen molar-refractivity contribution in [1.29, 1.82) is 0 Å². The maximum atomic E-state index is 13.7. The third-order valence-corrected chi connectivity index (χ3v) is 3.26. The first-order chi connectivity index (χ1) is 9.56. The molecule has 0 spiro atoms. The Bertz CT molecular complexity index is 733. The smallest absolute Gasteiger partial charge is 0.231 e. The molecule has 2 aromatic carbocycles. The second kappa shape index (κ2) is 4.65. The van der Waals surface area contributed by atoms with Crippen molar-refractivity contribution in [2.45, 2.75) is 0 Å². The van der Waals surface area contributed by atoms with Crippen molar-refractivity contribution in [3.63, 3.8) is 0 Å². The number of allylic oxidation sites excluding steroid dienone is 1. The normalized spacial score (nSPS) is 15.3. The van der Waals surface area contributed by atoms with Crippen LogP contribution in [-0.2, 0) is 0 Å². The number of fused-ring (bicyclic) bond motifs is 1. The van der Waals surface area contributed by atoms with Gasteiger partial charge in [0.15, 0.2) is 5.76 Å². The average Bonchev–Trinajstić information content (AvgIpc) is 2.70. The summed E-state index contributed by atoms with van der Waals surface area (Å²) < 4.78 is 19.0. The molecular formula is C15H8ClFO3. The van der Waals surface area contributed by atoms with Crippen LogP contribution in [0.2, 0.25) is 5.02 Å². The lowest BCUT2D eigenvalue weighted by atomic mass is 10.1. The Morgan fingerprint density at radius 1 is 1.25 bits per heavy atom. The lowest BCUT2D eigenvalue weighted by molar-refractivity contribution is 0.101. The van der Waals surface area contributed by atoms with Crippen LogP contribution >= 0.6 is 11.6 Å². The fourth-order valence-corrected chi connectivity index (χ4v) is 2.17. The standard InChI is InChI=1S/C15H8ClFO3/c16-11-2-1-3-12(17)10(11)7-14-15(19)9-5-4-8(18)6-13(9)20-14/h1-7,18H. The second-order valence-corrected chi connectivity index (χ2v) is 4.66. The van der Waals surface area contributed by atoms with Crippen molar-refractivity contribution in [3.8, 4) is 11.5 Å². The molecule has 5 heteroatoms. The number of benzene rings is 2. The minimum absolute atomic E-state index is 0.0123. The van der Waals surface area contributed by atoms with E-state index in [1.54, 1.807) is 0 Å². The number of carbonyl (C=O) groups excluding carboxylic acids is 1. The van der Waals surface area contributed by atoms with Gasteiger partial charge in [0.25, 0.3) is 0 Å². The molecule has 0 bridgehead atoms. The number of aromatic hydroxyl groups is 1. The molecular weight excluding hydrogens is 283 g/mol. The van der Waals surface area contributed by atoms with Crippen molar-refractivity contribution >= 4 is 23.5 Å². The third kappa shape index (κ3) is 2.04. The van der Waals surface area contributed by atoms with E-state index in [0.29, 0.717) is 5.56 Å². The number of hydrogen-bond acceptors (Lipinski definition) is 3. The van der Waals surface area contributed by atoms with Gasteiger partial charge in [-0.15, -0.1) is 0 Å². The van der Waals surface area contributed by atoms with E-state index in [2.05, 4.69) is 0 Å². The predicted molar refractivity (Wildman–Crippen MR) is 72.5 cm³/mol. The Morgan fingerprint density at radius 3 is 2.80 bits per heavy atom. The van der Waals surface area contributed by atoms with Crippen LogP contribution in [0.3, 0.4) is 0 Å². The molecule has 0 saturated heterocycles. The molecule has 0 atom stereocenters. The monoisotopic (exact) mass is 290 g/mol. The van der Waals surface area contributed by atoms with E-state index in [4.69, 9.17) is 16.3 Å². The van der Waals surface area contributed by atoms with Crippen molar-refractivity contribution in [3.05, 3.63) is 64.1 Å². The highest BCUT2D eigenvalue weighted by Crippen LogP contribution is 2.35. The molecule has 1 aliphatic rings. The van der Waals surface area contributed by atoms with Crippen LogP contribution in [0.15, 0.2) is 42.2 Å². The van der Waals surface area contributed by atoms with Crippen LogP contribution in [0, 0.1) is 5.82 Å². The molecule has 0 amide bonds. The van der Waals surface area contributed by atoms with Gasteiger partial charge in [-0.1, -0.05) is 17.7 Å². The fourth-order valence-electron chi connectivity index (χ4n) is 1.96. The lowest BCUT2D eigenvalue weighted by Gasteiger charge is -2.02. The van der Waals surface area contributed by atoms with Gasteiger partial charge in [-0.2, -0.15) is 0 Å². The van der Waals surface area contributed by atoms with E-state index in [-0.39, 0.29) is 33.6 Å². The predicted octanol–water partition coefficient (Wildman–Crippen LogP) is 3.80. The average molecular weight is 291 g/mol. The highest BCUT2D eigenvalue weighted by Gasteiger charge is 2.28. The maximum Gasteiger partial charge on any atom is 0.231 e.